The monoisotopic (exact) mass is 292 g/mol. The Labute approximate surface area is 126 Å². The summed E-state index contributed by atoms with van der Waals surface area (Å²) >= 11 is 0. The van der Waals surface area contributed by atoms with Crippen molar-refractivity contribution in [3.63, 3.8) is 0 Å². The molecule has 0 unspecified atom stereocenters. The van der Waals surface area contributed by atoms with E-state index in [0.29, 0.717) is 23.7 Å². The first kappa shape index (κ1) is 17.0. The second-order valence-corrected chi connectivity index (χ2v) is 5.85. The van der Waals surface area contributed by atoms with Gasteiger partial charge < -0.3 is 15.3 Å². The molecule has 5 heteroatoms. The highest BCUT2D eigenvalue weighted by atomic mass is 16.4. The second-order valence-electron chi connectivity index (χ2n) is 5.85. The number of benzene rings is 1. The minimum absolute atomic E-state index is 0.0790. The van der Waals surface area contributed by atoms with E-state index < -0.39 is 5.97 Å². The first-order valence-electron chi connectivity index (χ1n) is 7.14. The molecule has 0 aromatic heterocycles. The smallest absolute Gasteiger partial charge is 0.336 e. The van der Waals surface area contributed by atoms with Crippen LogP contribution in [0.3, 0.4) is 0 Å². The number of carboxylic acids is 1. The van der Waals surface area contributed by atoms with Gasteiger partial charge in [-0.2, -0.15) is 0 Å². The maximum atomic E-state index is 12.4. The molecule has 1 rings (SSSR count). The van der Waals surface area contributed by atoms with Crippen molar-refractivity contribution in [2.45, 2.75) is 40.7 Å². The Morgan fingerprint density at radius 2 is 1.86 bits per heavy atom. The van der Waals surface area contributed by atoms with Gasteiger partial charge in [-0.25, -0.2) is 9.59 Å². The Bertz CT molecular complexity index is 524. The van der Waals surface area contributed by atoms with Crippen molar-refractivity contribution in [2.24, 2.45) is 5.92 Å². The number of nitrogens with one attached hydrogen (secondary N) is 1. The third kappa shape index (κ3) is 4.48. The summed E-state index contributed by atoms with van der Waals surface area (Å²) in [6, 6.07) is 4.75. The first-order chi connectivity index (χ1) is 9.73. The van der Waals surface area contributed by atoms with Crippen molar-refractivity contribution in [3.05, 3.63) is 29.3 Å². The lowest BCUT2D eigenvalue weighted by Crippen LogP contribution is -2.42. The number of anilines is 1. The maximum absolute atomic E-state index is 12.4. The fourth-order valence-corrected chi connectivity index (χ4v) is 2.11. The minimum atomic E-state index is -0.994. The summed E-state index contributed by atoms with van der Waals surface area (Å²) in [5, 5.41) is 11.9. The molecule has 0 heterocycles. The molecule has 0 bridgehead atoms. The molecule has 1 aromatic rings. The molecule has 116 valence electrons. The molecule has 21 heavy (non-hydrogen) atoms. The van der Waals surface area contributed by atoms with Gasteiger partial charge in [0.2, 0.25) is 0 Å². The number of nitrogens with zero attached hydrogens (tertiary/aromatic N) is 1. The topological polar surface area (TPSA) is 69.6 Å². The van der Waals surface area contributed by atoms with Crippen LogP contribution < -0.4 is 5.32 Å². The van der Waals surface area contributed by atoms with Gasteiger partial charge in [-0.15, -0.1) is 0 Å². The fourth-order valence-electron chi connectivity index (χ4n) is 2.11. The Kier molecular flexibility index (Phi) is 5.76. The predicted octanol–water partition coefficient (Wildman–Crippen LogP) is 3.59. The van der Waals surface area contributed by atoms with Crippen molar-refractivity contribution in [3.8, 4) is 0 Å². The molecule has 0 spiro atoms. The molecule has 0 radical (unpaired) electrons. The van der Waals surface area contributed by atoms with Gasteiger partial charge >= 0.3 is 12.0 Å². The molecule has 0 aliphatic heterocycles. The Balaban J connectivity index is 2.96. The van der Waals surface area contributed by atoms with Crippen LogP contribution >= 0.6 is 0 Å². The average Bonchev–Trinajstić information content (AvgIpc) is 2.37. The molecule has 0 atom stereocenters. The van der Waals surface area contributed by atoms with E-state index in [0.717, 1.165) is 0 Å². The van der Waals surface area contributed by atoms with Crippen LogP contribution in [0.1, 0.15) is 43.6 Å². The molecule has 1 aromatic carbocycles. The van der Waals surface area contributed by atoms with Crippen LogP contribution in [0.25, 0.3) is 0 Å². The number of amides is 2. The lowest BCUT2D eigenvalue weighted by Gasteiger charge is -2.29. The SMILES string of the molecule is Cc1c(NC(=O)N(CC(C)C)C(C)C)cccc1C(=O)O. The van der Waals surface area contributed by atoms with Gasteiger partial charge in [0, 0.05) is 18.3 Å². The summed E-state index contributed by atoms with van der Waals surface area (Å²) in [4.78, 5) is 25.3. The number of aromatic carboxylic acids is 1. The minimum Gasteiger partial charge on any atom is -0.478 e. The lowest BCUT2D eigenvalue weighted by molar-refractivity contribution is 0.0696. The van der Waals surface area contributed by atoms with Gasteiger partial charge in [0.25, 0.3) is 0 Å². The van der Waals surface area contributed by atoms with Crippen LogP contribution in [0.2, 0.25) is 0 Å². The zero-order chi connectivity index (χ0) is 16.2. The number of carbonyl (C=O) groups is 2. The van der Waals surface area contributed by atoms with Gasteiger partial charge in [-0.05, 0) is 44.4 Å². The van der Waals surface area contributed by atoms with E-state index in [9.17, 15) is 9.59 Å². The van der Waals surface area contributed by atoms with Crippen LogP contribution in [-0.4, -0.2) is 34.6 Å². The molecule has 0 aliphatic rings. The number of rotatable bonds is 5. The standard InChI is InChI=1S/C16H24N2O3/c1-10(2)9-18(11(3)4)16(21)17-14-8-6-7-13(12(14)5)15(19)20/h6-8,10-11H,9H2,1-5H3,(H,17,21)(H,19,20). The largest absolute Gasteiger partial charge is 0.478 e. The van der Waals surface area contributed by atoms with Crippen molar-refractivity contribution in [1.82, 2.24) is 4.90 Å². The van der Waals surface area contributed by atoms with E-state index in [-0.39, 0.29) is 17.6 Å². The van der Waals surface area contributed by atoms with Crippen LogP contribution in [0.15, 0.2) is 18.2 Å². The van der Waals surface area contributed by atoms with Gasteiger partial charge in [-0.1, -0.05) is 19.9 Å². The first-order valence-corrected chi connectivity index (χ1v) is 7.14. The summed E-state index contributed by atoms with van der Waals surface area (Å²) in [6.45, 7) is 10.4. The summed E-state index contributed by atoms with van der Waals surface area (Å²) in [7, 11) is 0. The van der Waals surface area contributed by atoms with E-state index in [4.69, 9.17) is 5.11 Å². The predicted molar refractivity (Wildman–Crippen MR) is 83.8 cm³/mol. The third-order valence-electron chi connectivity index (χ3n) is 3.25. The quantitative estimate of drug-likeness (QED) is 0.871. The number of urea groups is 1. The maximum Gasteiger partial charge on any atom is 0.336 e. The molecular formula is C16H24N2O3. The Morgan fingerprint density at radius 1 is 1.24 bits per heavy atom. The van der Waals surface area contributed by atoms with E-state index in [1.54, 1.807) is 24.0 Å². The van der Waals surface area contributed by atoms with Crippen LogP contribution in [0.4, 0.5) is 10.5 Å². The summed E-state index contributed by atoms with van der Waals surface area (Å²) < 4.78 is 0. The summed E-state index contributed by atoms with van der Waals surface area (Å²) in [5.74, 6) is -0.629. The second kappa shape index (κ2) is 7.11. The highest BCUT2D eigenvalue weighted by Crippen LogP contribution is 2.20. The van der Waals surface area contributed by atoms with Crippen LogP contribution in [0.5, 0.6) is 0 Å². The van der Waals surface area contributed by atoms with E-state index in [1.165, 1.54) is 6.07 Å². The van der Waals surface area contributed by atoms with Crippen molar-refractivity contribution in [1.29, 1.82) is 0 Å². The zero-order valence-electron chi connectivity index (χ0n) is 13.3. The normalized spacial score (nSPS) is 10.8. The van der Waals surface area contributed by atoms with E-state index in [2.05, 4.69) is 19.2 Å². The summed E-state index contributed by atoms with van der Waals surface area (Å²) in [5.41, 5.74) is 1.30. The molecule has 2 N–H and O–H groups in total. The average molecular weight is 292 g/mol. The summed E-state index contributed by atoms with van der Waals surface area (Å²) in [6.07, 6.45) is 0. The fraction of sp³-hybridized carbons (Fsp3) is 0.500. The molecule has 5 nitrogen and oxygen atoms in total. The number of hydrogen-bond acceptors (Lipinski definition) is 2. The molecular weight excluding hydrogens is 268 g/mol. The molecule has 2 amide bonds. The van der Waals surface area contributed by atoms with Gasteiger partial charge in [0.05, 0.1) is 5.56 Å². The third-order valence-corrected chi connectivity index (χ3v) is 3.25. The van der Waals surface area contributed by atoms with Gasteiger partial charge in [-0.3, -0.25) is 0 Å². The number of carbonyl (C=O) groups excluding carboxylic acids is 1. The number of carboxylic acid groups (broad SMARTS) is 1. The van der Waals surface area contributed by atoms with E-state index >= 15 is 0 Å². The van der Waals surface area contributed by atoms with Crippen LogP contribution in [0, 0.1) is 12.8 Å². The van der Waals surface area contributed by atoms with Crippen molar-refractivity contribution in [2.75, 3.05) is 11.9 Å². The number of hydrogen-bond donors (Lipinski definition) is 2. The van der Waals surface area contributed by atoms with E-state index in [1.807, 2.05) is 13.8 Å². The molecule has 0 saturated heterocycles. The van der Waals surface area contributed by atoms with Crippen LogP contribution in [-0.2, 0) is 0 Å². The van der Waals surface area contributed by atoms with Crippen molar-refractivity contribution >= 4 is 17.7 Å². The van der Waals surface area contributed by atoms with Crippen molar-refractivity contribution < 1.29 is 14.7 Å². The van der Waals surface area contributed by atoms with Gasteiger partial charge in [0.15, 0.2) is 0 Å². The molecule has 0 saturated carbocycles. The lowest BCUT2D eigenvalue weighted by atomic mass is 10.1. The Morgan fingerprint density at radius 3 is 2.33 bits per heavy atom. The zero-order valence-corrected chi connectivity index (χ0v) is 13.3. The molecule has 0 fully saturated rings. The highest BCUT2D eigenvalue weighted by Gasteiger charge is 2.19. The highest BCUT2D eigenvalue weighted by molar-refractivity contribution is 5.95. The van der Waals surface area contributed by atoms with Gasteiger partial charge in [0.1, 0.15) is 0 Å². The molecule has 0 aliphatic carbocycles. The Hall–Kier alpha value is -2.04.